The molecule has 0 fully saturated rings. The van der Waals surface area contributed by atoms with Gasteiger partial charge in [-0.25, -0.2) is 9.19 Å². The lowest BCUT2D eigenvalue weighted by Gasteiger charge is -2.28. The van der Waals surface area contributed by atoms with Gasteiger partial charge in [0.25, 0.3) is 0 Å². The Hall–Kier alpha value is -2.62. The van der Waals surface area contributed by atoms with Crippen LogP contribution in [0.2, 0.25) is 15.1 Å². The van der Waals surface area contributed by atoms with E-state index in [1.165, 1.54) is 0 Å². The zero-order valence-electron chi connectivity index (χ0n) is 24.0. The second-order valence-corrected chi connectivity index (χ2v) is 13.3. The fraction of sp³-hybridized carbons (Fsp3) is 0.258. The van der Waals surface area contributed by atoms with E-state index in [9.17, 15) is 4.21 Å². The van der Waals surface area contributed by atoms with Gasteiger partial charge in [0, 0.05) is 22.3 Å². The van der Waals surface area contributed by atoms with E-state index in [2.05, 4.69) is 35.8 Å². The molecular formula is C31H32Cl3N3O3S2. The van der Waals surface area contributed by atoms with Gasteiger partial charge >= 0.3 is 0 Å². The Morgan fingerprint density at radius 3 is 2.50 bits per heavy atom. The Morgan fingerprint density at radius 1 is 1.07 bits per heavy atom. The van der Waals surface area contributed by atoms with Crippen molar-refractivity contribution in [1.82, 2.24) is 14.3 Å². The molecule has 0 aliphatic heterocycles. The summed E-state index contributed by atoms with van der Waals surface area (Å²) in [5.41, 5.74) is 4.32. The molecule has 4 aromatic rings. The lowest BCUT2D eigenvalue weighted by Crippen LogP contribution is -2.23. The number of benzene rings is 3. The molecule has 3 aromatic carbocycles. The monoisotopic (exact) mass is 663 g/mol. The van der Waals surface area contributed by atoms with Gasteiger partial charge in [0.2, 0.25) is 0 Å². The highest BCUT2D eigenvalue weighted by Gasteiger charge is 2.30. The Kier molecular flexibility index (Phi) is 10.6. The van der Waals surface area contributed by atoms with Gasteiger partial charge in [-0.2, -0.15) is 0 Å². The summed E-state index contributed by atoms with van der Waals surface area (Å²) in [5.74, 6) is 1.56. The van der Waals surface area contributed by atoms with Crippen LogP contribution in [0.15, 0.2) is 83.3 Å². The van der Waals surface area contributed by atoms with Crippen molar-refractivity contribution in [2.75, 3.05) is 13.7 Å². The summed E-state index contributed by atoms with van der Waals surface area (Å²) in [5, 5.41) is 2.29. The van der Waals surface area contributed by atoms with Crippen molar-refractivity contribution in [2.24, 2.45) is 0 Å². The molecule has 0 saturated carbocycles. The molecule has 1 atom stereocenters. The molecule has 0 radical (unpaired) electrons. The van der Waals surface area contributed by atoms with Crippen LogP contribution in [0.4, 0.5) is 0 Å². The first-order valence-electron chi connectivity index (χ1n) is 13.1. The van der Waals surface area contributed by atoms with Crippen molar-refractivity contribution in [1.29, 1.82) is 0 Å². The summed E-state index contributed by atoms with van der Waals surface area (Å²) < 4.78 is 28.4. The maximum Gasteiger partial charge on any atom is 0.191 e. The van der Waals surface area contributed by atoms with Crippen molar-refractivity contribution in [3.8, 4) is 11.4 Å². The highest BCUT2D eigenvalue weighted by Crippen LogP contribution is 2.39. The van der Waals surface area contributed by atoms with Gasteiger partial charge in [-0.05, 0) is 67.4 Å². The van der Waals surface area contributed by atoms with Gasteiger partial charge in [-0.15, -0.1) is 0 Å². The molecule has 1 heterocycles. The van der Waals surface area contributed by atoms with Crippen molar-refractivity contribution < 1.29 is 13.7 Å². The summed E-state index contributed by atoms with van der Waals surface area (Å²) in [6, 6.07) is 17.1. The van der Waals surface area contributed by atoms with Crippen LogP contribution in [0.5, 0.6) is 5.75 Å². The Bertz CT molecular complexity index is 1640. The first kappa shape index (κ1) is 32.3. The largest absolute Gasteiger partial charge is 0.496 e. The number of halogens is 3. The number of thioether (sulfide) groups is 1. The fourth-order valence-corrected chi connectivity index (χ4v) is 6.86. The maximum absolute atomic E-state index is 12.7. The average Bonchev–Trinajstić information content (AvgIpc) is 3.39. The predicted molar refractivity (Wildman–Crippen MR) is 175 cm³/mol. The molecule has 0 spiro atoms. The van der Waals surface area contributed by atoms with Crippen LogP contribution in [0.3, 0.4) is 0 Å². The van der Waals surface area contributed by atoms with Crippen LogP contribution < -0.4 is 9.46 Å². The zero-order valence-corrected chi connectivity index (χ0v) is 27.9. The molecule has 0 amide bonds. The predicted octanol–water partition coefficient (Wildman–Crippen LogP) is 8.89. The third-order valence-corrected chi connectivity index (χ3v) is 9.97. The van der Waals surface area contributed by atoms with E-state index in [1.54, 1.807) is 31.0 Å². The topological polar surface area (TPSA) is 65.4 Å². The van der Waals surface area contributed by atoms with E-state index in [0.29, 0.717) is 32.3 Å². The molecule has 0 aliphatic rings. The van der Waals surface area contributed by atoms with Crippen LogP contribution in [0.1, 0.15) is 43.2 Å². The minimum atomic E-state index is -1.55. The third-order valence-electron chi connectivity index (χ3n) is 6.78. The second-order valence-electron chi connectivity index (χ2n) is 9.94. The normalized spacial score (nSPS) is 12.2. The number of nitrogens with one attached hydrogen (secondary N) is 1. The van der Waals surface area contributed by atoms with E-state index < -0.39 is 16.4 Å². The molecule has 1 N–H and O–H groups in total. The molecule has 0 bridgehead atoms. The molecule has 1 aromatic heterocycles. The number of ether oxygens (including phenoxy) is 2. The highest BCUT2D eigenvalue weighted by molar-refractivity contribution is 7.98. The van der Waals surface area contributed by atoms with Gasteiger partial charge < -0.3 is 9.47 Å². The lowest BCUT2D eigenvalue weighted by molar-refractivity contribution is 0.221. The number of rotatable bonds is 12. The molecule has 0 saturated heterocycles. The summed E-state index contributed by atoms with van der Waals surface area (Å²) in [6.45, 7) is 12.2. The quantitative estimate of drug-likeness (QED) is 0.121. The minimum Gasteiger partial charge on any atom is -0.496 e. The number of nitrogens with zero attached hydrogens (tertiary/aromatic N) is 2. The molecule has 0 aliphatic carbocycles. The number of methoxy groups -OCH3 is 1. The van der Waals surface area contributed by atoms with Crippen molar-refractivity contribution in [3.63, 3.8) is 0 Å². The number of imidazole rings is 1. The van der Waals surface area contributed by atoms with Crippen LogP contribution in [0.25, 0.3) is 5.69 Å². The molecule has 11 heteroatoms. The van der Waals surface area contributed by atoms with Crippen LogP contribution in [0, 0.1) is 6.92 Å². The molecule has 4 rings (SSSR count). The first-order valence-corrected chi connectivity index (χ1v) is 16.3. The molecule has 1 unspecified atom stereocenters. The molecule has 222 valence electrons. The van der Waals surface area contributed by atoms with Gasteiger partial charge in [0.15, 0.2) is 22.0 Å². The minimum absolute atomic E-state index is 0.241. The Morgan fingerprint density at radius 2 is 1.83 bits per heavy atom. The molecular weight excluding hydrogens is 633 g/mol. The van der Waals surface area contributed by atoms with E-state index >= 15 is 0 Å². The summed E-state index contributed by atoms with van der Waals surface area (Å²) in [6.07, 6.45) is 1.89. The Balaban J connectivity index is 1.69. The van der Waals surface area contributed by atoms with Crippen LogP contribution in [-0.2, 0) is 26.9 Å². The van der Waals surface area contributed by atoms with E-state index in [4.69, 9.17) is 49.3 Å². The Labute approximate surface area is 269 Å². The second kappa shape index (κ2) is 13.8. The van der Waals surface area contributed by atoms with Gasteiger partial charge in [0.1, 0.15) is 5.75 Å². The standard InChI is InChI=1S/C31H32Cl3N3O3S2/c1-7-40-20(3)36-42(38)24-12-9-21(26(33)16-24)18-41-30-35-17-29(31(4,5)22-10-13-25(32)27(34)14-22)37(30)23-11-8-19(2)28(15-23)39-6/h8-17,36H,3,7,18H2,1-2,4-6H3. The van der Waals surface area contributed by atoms with Crippen molar-refractivity contribution >= 4 is 57.6 Å². The maximum atomic E-state index is 12.7. The molecule has 42 heavy (non-hydrogen) atoms. The lowest BCUT2D eigenvalue weighted by atomic mass is 9.81. The molecule has 6 nitrogen and oxygen atoms in total. The van der Waals surface area contributed by atoms with Gasteiger partial charge in [0.05, 0.1) is 46.2 Å². The third kappa shape index (κ3) is 7.12. The first-order chi connectivity index (χ1) is 20.0. The van der Waals surface area contributed by atoms with Gasteiger partial charge in [-0.1, -0.05) is 78.6 Å². The van der Waals surface area contributed by atoms with Crippen LogP contribution in [-0.4, -0.2) is 27.5 Å². The number of hydrogen-bond acceptors (Lipinski definition) is 5. The van der Waals surface area contributed by atoms with Gasteiger partial charge in [-0.3, -0.25) is 9.29 Å². The fourth-order valence-electron chi connectivity index (χ4n) is 4.38. The van der Waals surface area contributed by atoms with Crippen molar-refractivity contribution in [2.45, 2.75) is 48.9 Å². The van der Waals surface area contributed by atoms with Crippen LogP contribution >= 0.6 is 46.6 Å². The summed E-state index contributed by atoms with van der Waals surface area (Å²) in [7, 11) is 0.117. The van der Waals surface area contributed by atoms with E-state index in [-0.39, 0.29) is 5.88 Å². The van der Waals surface area contributed by atoms with E-state index in [0.717, 1.165) is 39.0 Å². The number of hydrogen-bond donors (Lipinski definition) is 1. The summed E-state index contributed by atoms with van der Waals surface area (Å²) in [4.78, 5) is 5.37. The SMILES string of the molecule is C=C(NS(=O)c1ccc(CSc2ncc(C(C)(C)c3ccc(Cl)c(Cl)c3)n2-c2ccc(C)c(OC)c2)c(Cl)c1)OCC. The average molecular weight is 665 g/mol. The number of aromatic nitrogens is 2. The summed E-state index contributed by atoms with van der Waals surface area (Å²) >= 11 is 20.8. The number of aryl methyl sites for hydroxylation is 1. The smallest absolute Gasteiger partial charge is 0.191 e. The van der Waals surface area contributed by atoms with Crippen molar-refractivity contribution in [3.05, 3.63) is 111 Å². The van der Waals surface area contributed by atoms with E-state index in [1.807, 2.05) is 56.4 Å². The zero-order chi connectivity index (χ0) is 30.6. The highest BCUT2D eigenvalue weighted by atomic mass is 35.5.